The molecule has 2 fully saturated rings. The van der Waals surface area contributed by atoms with Crippen LogP contribution in [0, 0.1) is 5.92 Å². The van der Waals surface area contributed by atoms with Gasteiger partial charge < -0.3 is 5.32 Å². The Hall–Kier alpha value is -0.290. The number of alkyl halides is 3. The number of hydrogen-bond acceptors (Lipinski definition) is 2. The van der Waals surface area contributed by atoms with Crippen LogP contribution in [-0.2, 0) is 0 Å². The van der Waals surface area contributed by atoms with Crippen molar-refractivity contribution in [2.24, 2.45) is 5.92 Å². The van der Waals surface area contributed by atoms with Crippen molar-refractivity contribution in [2.45, 2.75) is 70.1 Å². The van der Waals surface area contributed by atoms with Crippen LogP contribution in [0.25, 0.3) is 0 Å². The van der Waals surface area contributed by atoms with Crippen LogP contribution < -0.4 is 5.32 Å². The lowest BCUT2D eigenvalue weighted by molar-refractivity contribution is -0.144. The van der Waals surface area contributed by atoms with E-state index in [0.29, 0.717) is 5.92 Å². The smallest absolute Gasteiger partial charge is 0.308 e. The van der Waals surface area contributed by atoms with E-state index in [1.165, 1.54) is 0 Å². The molecule has 1 aliphatic heterocycles. The van der Waals surface area contributed by atoms with E-state index in [-0.39, 0.29) is 17.6 Å². The minimum absolute atomic E-state index is 0.0139. The van der Waals surface area contributed by atoms with Gasteiger partial charge in [-0.05, 0) is 38.5 Å². The average Bonchev–Trinajstić information content (AvgIpc) is 3.22. The van der Waals surface area contributed by atoms with E-state index in [0.717, 1.165) is 38.8 Å². The van der Waals surface area contributed by atoms with Gasteiger partial charge in [0.2, 0.25) is 0 Å². The summed E-state index contributed by atoms with van der Waals surface area (Å²) in [5.41, 5.74) is -0.112. The number of halogens is 3. The molecule has 1 saturated carbocycles. The quantitative estimate of drug-likeness (QED) is 0.833. The van der Waals surface area contributed by atoms with Gasteiger partial charge in [-0.25, -0.2) is 0 Å². The van der Waals surface area contributed by atoms with Crippen LogP contribution in [-0.4, -0.2) is 41.8 Å². The summed E-state index contributed by atoms with van der Waals surface area (Å²) in [6.07, 6.45) is -0.507. The summed E-state index contributed by atoms with van der Waals surface area (Å²) in [5.74, 6) is 0.565. The summed E-state index contributed by atoms with van der Waals surface area (Å²) in [5, 5.41) is 3.65. The van der Waals surface area contributed by atoms with Gasteiger partial charge in [-0.2, -0.15) is 13.2 Å². The largest absolute Gasteiger partial charge is 0.390 e. The zero-order valence-corrected chi connectivity index (χ0v) is 12.8. The molecule has 0 spiro atoms. The first-order valence-corrected chi connectivity index (χ1v) is 7.81. The van der Waals surface area contributed by atoms with Gasteiger partial charge in [0.25, 0.3) is 0 Å². The molecule has 0 radical (unpaired) electrons. The van der Waals surface area contributed by atoms with Crippen molar-refractivity contribution in [3.63, 3.8) is 0 Å². The maximum Gasteiger partial charge on any atom is 0.390 e. The van der Waals surface area contributed by atoms with Crippen LogP contribution in [0.3, 0.4) is 0 Å². The first kappa shape index (κ1) is 16.1. The van der Waals surface area contributed by atoms with Crippen molar-refractivity contribution in [3.05, 3.63) is 0 Å². The molecule has 0 aromatic carbocycles. The summed E-state index contributed by atoms with van der Waals surface area (Å²) in [4.78, 5) is 2.13. The molecule has 1 aliphatic carbocycles. The Bertz CT molecular complexity index is 335. The lowest BCUT2D eigenvalue weighted by Gasteiger charge is -2.54. The lowest BCUT2D eigenvalue weighted by Crippen LogP contribution is -2.69. The molecule has 2 aliphatic rings. The number of hydrogen-bond donors (Lipinski definition) is 1. The fraction of sp³-hybridized carbons (Fsp3) is 1.00. The molecule has 1 N–H and O–H groups in total. The SMILES string of the molecule is CCC1(CC)CN(CCC(F)(F)F)C(C)(C2CC2)CN1. The molecule has 1 unspecified atom stereocenters. The predicted octanol–water partition coefficient (Wildman–Crippen LogP) is 3.57. The first-order chi connectivity index (χ1) is 9.25. The fourth-order valence-corrected chi connectivity index (χ4v) is 3.51. The Morgan fingerprint density at radius 1 is 1.20 bits per heavy atom. The Balaban J connectivity index is 2.10. The summed E-state index contributed by atoms with van der Waals surface area (Å²) in [6, 6.07) is 0. The van der Waals surface area contributed by atoms with Crippen molar-refractivity contribution in [1.29, 1.82) is 0 Å². The average molecular weight is 292 g/mol. The second-order valence-electron chi connectivity index (χ2n) is 6.76. The monoisotopic (exact) mass is 292 g/mol. The van der Waals surface area contributed by atoms with E-state index < -0.39 is 12.6 Å². The second kappa shape index (κ2) is 5.48. The van der Waals surface area contributed by atoms with E-state index in [1.54, 1.807) is 0 Å². The minimum atomic E-state index is -4.06. The van der Waals surface area contributed by atoms with Crippen molar-refractivity contribution >= 4 is 0 Å². The fourth-order valence-electron chi connectivity index (χ4n) is 3.51. The van der Waals surface area contributed by atoms with Crippen LogP contribution in [0.2, 0.25) is 0 Å². The lowest BCUT2D eigenvalue weighted by atomic mass is 9.81. The van der Waals surface area contributed by atoms with Crippen LogP contribution >= 0.6 is 0 Å². The second-order valence-corrected chi connectivity index (χ2v) is 6.76. The Kier molecular flexibility index (Phi) is 4.41. The number of nitrogens with one attached hydrogen (secondary N) is 1. The molecule has 5 heteroatoms. The molecule has 118 valence electrons. The third kappa shape index (κ3) is 3.30. The van der Waals surface area contributed by atoms with Crippen LogP contribution in [0.5, 0.6) is 0 Å². The van der Waals surface area contributed by atoms with Crippen molar-refractivity contribution in [2.75, 3.05) is 19.6 Å². The molecular formula is C15H27F3N2. The summed E-state index contributed by atoms with van der Waals surface area (Å²) in [7, 11) is 0. The zero-order valence-electron chi connectivity index (χ0n) is 12.8. The Morgan fingerprint density at radius 3 is 2.25 bits per heavy atom. The van der Waals surface area contributed by atoms with Crippen molar-refractivity contribution in [1.82, 2.24) is 10.2 Å². The summed E-state index contributed by atoms with van der Waals surface area (Å²) < 4.78 is 37.8. The molecule has 0 aromatic heterocycles. The molecule has 0 aromatic rings. The molecule has 0 bridgehead atoms. The van der Waals surface area contributed by atoms with E-state index in [2.05, 4.69) is 31.0 Å². The zero-order chi connectivity index (χ0) is 15.0. The molecule has 1 atom stereocenters. The highest BCUT2D eigenvalue weighted by Gasteiger charge is 2.51. The van der Waals surface area contributed by atoms with Crippen molar-refractivity contribution in [3.8, 4) is 0 Å². The highest BCUT2D eigenvalue weighted by Crippen LogP contribution is 2.45. The van der Waals surface area contributed by atoms with E-state index in [9.17, 15) is 13.2 Å². The molecule has 2 rings (SSSR count). The van der Waals surface area contributed by atoms with Gasteiger partial charge in [0.1, 0.15) is 0 Å². The van der Waals surface area contributed by atoms with E-state index in [4.69, 9.17) is 0 Å². The molecule has 1 saturated heterocycles. The standard InChI is InChI=1S/C15H27F3N2/c1-4-14(5-2)11-20(9-8-15(16,17)18)13(3,10-19-14)12-6-7-12/h12,19H,4-11H2,1-3H3. The normalized spacial score (nSPS) is 31.5. The Morgan fingerprint density at radius 2 is 1.80 bits per heavy atom. The van der Waals surface area contributed by atoms with Gasteiger partial charge in [-0.15, -0.1) is 0 Å². The van der Waals surface area contributed by atoms with Crippen molar-refractivity contribution < 1.29 is 13.2 Å². The van der Waals surface area contributed by atoms with E-state index >= 15 is 0 Å². The maximum atomic E-state index is 12.6. The van der Waals surface area contributed by atoms with E-state index in [1.807, 2.05) is 0 Å². The maximum absolute atomic E-state index is 12.6. The third-order valence-corrected chi connectivity index (χ3v) is 5.51. The molecule has 20 heavy (non-hydrogen) atoms. The van der Waals surface area contributed by atoms with Gasteiger partial charge in [0.05, 0.1) is 6.42 Å². The predicted molar refractivity (Wildman–Crippen MR) is 74.7 cm³/mol. The summed E-state index contributed by atoms with van der Waals surface area (Å²) >= 11 is 0. The molecule has 0 amide bonds. The van der Waals surface area contributed by atoms with Gasteiger partial charge >= 0.3 is 6.18 Å². The molecular weight excluding hydrogens is 265 g/mol. The Labute approximate surface area is 120 Å². The minimum Gasteiger partial charge on any atom is -0.308 e. The van der Waals surface area contributed by atoms with Gasteiger partial charge in [0, 0.05) is 30.7 Å². The van der Waals surface area contributed by atoms with Gasteiger partial charge in [0.15, 0.2) is 0 Å². The highest BCUT2D eigenvalue weighted by atomic mass is 19.4. The number of piperazine rings is 1. The first-order valence-electron chi connectivity index (χ1n) is 7.81. The topological polar surface area (TPSA) is 15.3 Å². The van der Waals surface area contributed by atoms with Gasteiger partial charge in [-0.1, -0.05) is 13.8 Å². The number of nitrogens with zero attached hydrogens (tertiary/aromatic N) is 1. The van der Waals surface area contributed by atoms with Crippen LogP contribution in [0.1, 0.15) is 52.9 Å². The molecule has 1 heterocycles. The summed E-state index contributed by atoms with van der Waals surface area (Å²) in [6.45, 7) is 8.08. The van der Waals surface area contributed by atoms with Crippen LogP contribution in [0.15, 0.2) is 0 Å². The molecule has 2 nitrogen and oxygen atoms in total. The number of rotatable bonds is 5. The van der Waals surface area contributed by atoms with Crippen LogP contribution in [0.4, 0.5) is 13.2 Å². The third-order valence-electron chi connectivity index (χ3n) is 5.51. The highest BCUT2D eigenvalue weighted by molar-refractivity contribution is 5.08. The van der Waals surface area contributed by atoms with Gasteiger partial charge in [-0.3, -0.25) is 4.90 Å².